The van der Waals surface area contributed by atoms with E-state index < -0.39 is 22.0 Å². The van der Waals surface area contributed by atoms with Crippen LogP contribution in [0.5, 0.6) is 17.4 Å². The second kappa shape index (κ2) is 7.96. The van der Waals surface area contributed by atoms with Crippen LogP contribution in [0.3, 0.4) is 0 Å². The Morgan fingerprint density at radius 2 is 2.16 bits per heavy atom. The topological polar surface area (TPSA) is 128 Å². The molecular weight excluding hydrogens is 445 g/mol. The van der Waals surface area contributed by atoms with Gasteiger partial charge in [0.2, 0.25) is 0 Å². The molecule has 1 heterocycles. The molecule has 9 nitrogen and oxygen atoms in total. The van der Waals surface area contributed by atoms with E-state index in [9.17, 15) is 20.0 Å². The lowest BCUT2D eigenvalue weighted by Crippen LogP contribution is -2.14. The normalized spacial score (nSPS) is 10.8. The third kappa shape index (κ3) is 4.26. The fourth-order valence-corrected chi connectivity index (χ4v) is 2.79. The molecule has 0 saturated heterocycles. The van der Waals surface area contributed by atoms with Crippen molar-refractivity contribution >= 4 is 40.4 Å². The van der Waals surface area contributed by atoms with Gasteiger partial charge >= 0.3 is 11.2 Å². The maximum atomic E-state index is 11.6. The molecule has 1 aromatic heterocycles. The molecule has 0 amide bonds. The van der Waals surface area contributed by atoms with Crippen molar-refractivity contribution in [3.63, 3.8) is 0 Å². The van der Waals surface area contributed by atoms with Crippen molar-refractivity contribution in [1.29, 1.82) is 0 Å². The van der Waals surface area contributed by atoms with E-state index in [-0.39, 0.29) is 5.82 Å². The summed E-state index contributed by atoms with van der Waals surface area (Å²) >= 11 is 2.11. The number of methoxy groups -OCH3 is 1. The molecule has 25 heavy (non-hydrogen) atoms. The fourth-order valence-electron chi connectivity index (χ4n) is 2.01. The first kappa shape index (κ1) is 18.7. The van der Waals surface area contributed by atoms with Gasteiger partial charge in [0, 0.05) is 0 Å². The van der Waals surface area contributed by atoms with Crippen LogP contribution in [0.4, 0.5) is 5.69 Å². The van der Waals surface area contributed by atoms with E-state index in [1.165, 1.54) is 13.2 Å². The van der Waals surface area contributed by atoms with Gasteiger partial charge < -0.3 is 19.6 Å². The van der Waals surface area contributed by atoms with Crippen molar-refractivity contribution in [2.75, 3.05) is 13.7 Å². The minimum Gasteiger partial charge on any atom is -0.493 e. The molecule has 2 N–H and O–H groups in total. The summed E-state index contributed by atoms with van der Waals surface area (Å²) in [6, 6.07) is 3.56. The number of hydrogen-bond donors (Lipinski definition) is 2. The lowest BCUT2D eigenvalue weighted by molar-refractivity contribution is -0.387. The number of aromatic amines is 1. The Morgan fingerprint density at radius 3 is 2.72 bits per heavy atom. The number of halogens is 1. The first-order valence-corrected chi connectivity index (χ1v) is 8.11. The molecule has 0 spiro atoms. The predicted octanol–water partition coefficient (Wildman–Crippen LogP) is 2.57. The molecule has 2 aromatic rings. The van der Waals surface area contributed by atoms with E-state index in [4.69, 9.17) is 9.47 Å². The predicted molar refractivity (Wildman–Crippen MR) is 99.0 cm³/mol. The second-order valence-corrected chi connectivity index (χ2v) is 5.84. The quantitative estimate of drug-likeness (QED) is 0.386. The smallest absolute Gasteiger partial charge is 0.395 e. The summed E-state index contributed by atoms with van der Waals surface area (Å²) in [5, 5.41) is 20.2. The first-order valence-electron chi connectivity index (χ1n) is 7.03. The second-order valence-electron chi connectivity index (χ2n) is 4.68. The largest absolute Gasteiger partial charge is 0.493 e. The van der Waals surface area contributed by atoms with Gasteiger partial charge in [0.25, 0.3) is 5.88 Å². The number of aromatic nitrogens is 2. The zero-order valence-electron chi connectivity index (χ0n) is 13.3. The summed E-state index contributed by atoms with van der Waals surface area (Å²) < 4.78 is 11.7. The summed E-state index contributed by atoms with van der Waals surface area (Å²) in [7, 11) is 1.52. The summed E-state index contributed by atoms with van der Waals surface area (Å²) in [5.41, 5.74) is -1.30. The Labute approximate surface area is 155 Å². The van der Waals surface area contributed by atoms with Crippen LogP contribution in [0, 0.1) is 13.7 Å². The van der Waals surface area contributed by atoms with Crippen molar-refractivity contribution in [1.82, 2.24) is 9.97 Å². The number of ether oxygens (including phenoxy) is 2. The van der Waals surface area contributed by atoms with E-state index in [1.807, 2.05) is 13.0 Å². The number of nitro groups is 1. The van der Waals surface area contributed by atoms with Crippen molar-refractivity contribution in [2.24, 2.45) is 0 Å². The lowest BCUT2D eigenvalue weighted by atomic mass is 10.2. The standard InChI is InChI=1S/C15H14IN3O6/c1-3-25-13-9(16)6-8(7-10(13)24-2)4-5-11-17-14(20)12(19(22)23)15(21)18-11/h4-7H,3H2,1-2H3,(H2,17,18,20,21)/b5-4+. The molecule has 0 bridgehead atoms. The zero-order valence-corrected chi connectivity index (χ0v) is 15.4. The van der Waals surface area contributed by atoms with Crippen molar-refractivity contribution < 1.29 is 19.5 Å². The van der Waals surface area contributed by atoms with Gasteiger partial charge in [-0.3, -0.25) is 14.9 Å². The number of aromatic hydroxyl groups is 1. The molecule has 1 aromatic carbocycles. The molecule has 0 radical (unpaired) electrons. The summed E-state index contributed by atoms with van der Waals surface area (Å²) in [6.45, 7) is 2.36. The highest BCUT2D eigenvalue weighted by Gasteiger charge is 2.21. The Bertz CT molecular complexity index is 894. The number of rotatable bonds is 6. The SMILES string of the molecule is CCOc1c(I)cc(/C=C/c2nc(O)c([N+](=O)[O-])c(=O)[nH]2)cc1OC. The van der Waals surface area contributed by atoms with E-state index in [2.05, 4.69) is 32.6 Å². The van der Waals surface area contributed by atoms with Gasteiger partial charge in [-0.1, -0.05) is 6.08 Å². The van der Waals surface area contributed by atoms with Gasteiger partial charge in [0.1, 0.15) is 5.82 Å². The van der Waals surface area contributed by atoms with Gasteiger partial charge in [-0.05, 0) is 53.3 Å². The van der Waals surface area contributed by atoms with E-state index in [1.54, 1.807) is 12.1 Å². The summed E-state index contributed by atoms with van der Waals surface area (Å²) in [4.78, 5) is 27.1. The third-order valence-electron chi connectivity index (χ3n) is 3.05. The van der Waals surface area contributed by atoms with Gasteiger partial charge in [-0.2, -0.15) is 4.98 Å². The monoisotopic (exact) mass is 459 g/mol. The summed E-state index contributed by atoms with van der Waals surface area (Å²) in [5.74, 6) is 0.215. The molecule has 0 saturated carbocycles. The number of nitrogens with one attached hydrogen (secondary N) is 1. The van der Waals surface area contributed by atoms with Crippen LogP contribution in [0.15, 0.2) is 16.9 Å². The molecule has 0 aliphatic carbocycles. The van der Waals surface area contributed by atoms with E-state index in [0.29, 0.717) is 18.1 Å². The summed E-state index contributed by atoms with van der Waals surface area (Å²) in [6.07, 6.45) is 3.03. The van der Waals surface area contributed by atoms with Crippen LogP contribution >= 0.6 is 22.6 Å². The molecule has 0 unspecified atom stereocenters. The van der Waals surface area contributed by atoms with Gasteiger partial charge in [0.05, 0.1) is 22.2 Å². The van der Waals surface area contributed by atoms with Gasteiger partial charge in [-0.25, -0.2) is 0 Å². The number of nitrogens with zero attached hydrogens (tertiary/aromatic N) is 2. The highest BCUT2D eigenvalue weighted by atomic mass is 127. The van der Waals surface area contributed by atoms with Crippen LogP contribution < -0.4 is 15.0 Å². The Kier molecular flexibility index (Phi) is 5.96. The first-order chi connectivity index (χ1) is 11.9. The minimum atomic E-state index is -1.03. The highest BCUT2D eigenvalue weighted by molar-refractivity contribution is 14.1. The van der Waals surface area contributed by atoms with Crippen LogP contribution in [-0.4, -0.2) is 33.7 Å². The fraction of sp³-hybridized carbons (Fsp3) is 0.200. The lowest BCUT2D eigenvalue weighted by Gasteiger charge is -2.12. The van der Waals surface area contributed by atoms with Crippen LogP contribution in [0.2, 0.25) is 0 Å². The number of H-pyrrole nitrogens is 1. The molecule has 2 rings (SSSR count). The number of hydrogen-bond acceptors (Lipinski definition) is 7. The van der Waals surface area contributed by atoms with E-state index in [0.717, 1.165) is 9.13 Å². The maximum Gasteiger partial charge on any atom is 0.395 e. The number of benzene rings is 1. The van der Waals surface area contributed by atoms with Crippen LogP contribution in [0.25, 0.3) is 12.2 Å². The minimum absolute atomic E-state index is 0.0176. The van der Waals surface area contributed by atoms with E-state index >= 15 is 0 Å². The molecule has 0 fully saturated rings. The molecule has 10 heteroatoms. The molecule has 132 valence electrons. The molecule has 0 atom stereocenters. The maximum absolute atomic E-state index is 11.6. The third-order valence-corrected chi connectivity index (χ3v) is 3.85. The highest BCUT2D eigenvalue weighted by Crippen LogP contribution is 2.34. The van der Waals surface area contributed by atoms with Crippen LogP contribution in [-0.2, 0) is 0 Å². The zero-order chi connectivity index (χ0) is 18.6. The Hall–Kier alpha value is -2.63. The van der Waals surface area contributed by atoms with Crippen molar-refractivity contribution in [2.45, 2.75) is 6.92 Å². The Balaban J connectivity index is 2.38. The molecule has 0 aliphatic rings. The van der Waals surface area contributed by atoms with Crippen LogP contribution in [0.1, 0.15) is 18.3 Å². The van der Waals surface area contributed by atoms with Gasteiger partial charge in [0.15, 0.2) is 11.5 Å². The average molecular weight is 459 g/mol. The average Bonchev–Trinajstić information content (AvgIpc) is 2.54. The van der Waals surface area contributed by atoms with Crippen molar-refractivity contribution in [3.8, 4) is 17.4 Å². The van der Waals surface area contributed by atoms with Gasteiger partial charge in [-0.15, -0.1) is 0 Å². The Morgan fingerprint density at radius 1 is 1.44 bits per heavy atom. The molecular formula is C15H14IN3O6. The van der Waals surface area contributed by atoms with Crippen molar-refractivity contribution in [3.05, 3.63) is 47.6 Å². The molecule has 0 aliphatic heterocycles.